The van der Waals surface area contributed by atoms with Gasteiger partial charge in [0.05, 0.1) is 6.04 Å². The second-order valence-corrected chi connectivity index (χ2v) is 6.10. The standard InChI is InChI=1S/C14H24N4S/c1-4-6-15-13-9-11(5-2)16-14(17-13)12-10-19-8-7-18(12)3/h9,12H,4-8,10H2,1-3H3,(H,15,16,17). The zero-order valence-corrected chi connectivity index (χ0v) is 13.0. The van der Waals surface area contributed by atoms with E-state index < -0.39 is 0 Å². The first kappa shape index (κ1) is 14.6. The first-order valence-electron chi connectivity index (χ1n) is 7.14. The number of anilines is 1. The second kappa shape index (κ2) is 7.10. The summed E-state index contributed by atoms with van der Waals surface area (Å²) < 4.78 is 0. The minimum absolute atomic E-state index is 0.354. The van der Waals surface area contributed by atoms with Crippen LogP contribution in [0.5, 0.6) is 0 Å². The quantitative estimate of drug-likeness (QED) is 0.898. The number of hydrogen-bond acceptors (Lipinski definition) is 5. The second-order valence-electron chi connectivity index (χ2n) is 4.95. The van der Waals surface area contributed by atoms with Crippen molar-refractivity contribution in [1.82, 2.24) is 14.9 Å². The molecule has 1 aromatic rings. The number of aromatic nitrogens is 2. The fourth-order valence-electron chi connectivity index (χ4n) is 2.15. The van der Waals surface area contributed by atoms with Gasteiger partial charge in [0.1, 0.15) is 11.6 Å². The average molecular weight is 280 g/mol. The molecule has 5 heteroatoms. The Morgan fingerprint density at radius 1 is 1.42 bits per heavy atom. The lowest BCUT2D eigenvalue weighted by Crippen LogP contribution is -2.34. The maximum absolute atomic E-state index is 4.73. The van der Waals surface area contributed by atoms with Gasteiger partial charge in [0.25, 0.3) is 0 Å². The van der Waals surface area contributed by atoms with Crippen LogP contribution in [0.3, 0.4) is 0 Å². The van der Waals surface area contributed by atoms with E-state index in [4.69, 9.17) is 9.97 Å². The molecule has 1 saturated heterocycles. The van der Waals surface area contributed by atoms with E-state index in [2.05, 4.69) is 37.2 Å². The zero-order chi connectivity index (χ0) is 13.7. The van der Waals surface area contributed by atoms with E-state index in [1.807, 2.05) is 11.8 Å². The normalized spacial score (nSPS) is 20.5. The highest BCUT2D eigenvalue weighted by molar-refractivity contribution is 7.99. The zero-order valence-electron chi connectivity index (χ0n) is 12.1. The van der Waals surface area contributed by atoms with Gasteiger partial charge in [-0.25, -0.2) is 9.97 Å². The van der Waals surface area contributed by atoms with Gasteiger partial charge in [0.2, 0.25) is 0 Å². The predicted octanol–water partition coefficient (Wildman–Crippen LogP) is 2.58. The molecule has 1 aliphatic rings. The van der Waals surface area contributed by atoms with Crippen LogP contribution in [-0.2, 0) is 6.42 Å². The summed E-state index contributed by atoms with van der Waals surface area (Å²) in [6, 6.07) is 2.43. The molecule has 4 nitrogen and oxygen atoms in total. The fourth-order valence-corrected chi connectivity index (χ4v) is 3.36. The highest BCUT2D eigenvalue weighted by Gasteiger charge is 2.24. The average Bonchev–Trinajstić information content (AvgIpc) is 2.45. The van der Waals surface area contributed by atoms with Crippen molar-refractivity contribution in [2.24, 2.45) is 0 Å². The minimum atomic E-state index is 0.354. The van der Waals surface area contributed by atoms with Crippen LogP contribution in [0.4, 0.5) is 5.82 Å². The van der Waals surface area contributed by atoms with Crippen molar-refractivity contribution in [3.63, 3.8) is 0 Å². The topological polar surface area (TPSA) is 41.1 Å². The summed E-state index contributed by atoms with van der Waals surface area (Å²) in [5, 5.41) is 3.39. The lowest BCUT2D eigenvalue weighted by molar-refractivity contribution is 0.264. The molecule has 0 saturated carbocycles. The third-order valence-corrected chi connectivity index (χ3v) is 4.43. The van der Waals surface area contributed by atoms with Crippen LogP contribution < -0.4 is 5.32 Å². The molecule has 0 radical (unpaired) electrons. The van der Waals surface area contributed by atoms with Crippen molar-refractivity contribution < 1.29 is 0 Å². The van der Waals surface area contributed by atoms with E-state index in [0.29, 0.717) is 6.04 Å². The smallest absolute Gasteiger partial charge is 0.148 e. The molecule has 0 spiro atoms. The van der Waals surface area contributed by atoms with Gasteiger partial charge >= 0.3 is 0 Å². The number of aryl methyl sites for hydroxylation is 1. The van der Waals surface area contributed by atoms with E-state index >= 15 is 0 Å². The Morgan fingerprint density at radius 2 is 2.26 bits per heavy atom. The van der Waals surface area contributed by atoms with Crippen LogP contribution in [0.25, 0.3) is 0 Å². The number of nitrogens with zero attached hydrogens (tertiary/aromatic N) is 3. The van der Waals surface area contributed by atoms with Gasteiger partial charge in [-0.15, -0.1) is 0 Å². The van der Waals surface area contributed by atoms with Gasteiger partial charge in [-0.2, -0.15) is 11.8 Å². The van der Waals surface area contributed by atoms with Crippen molar-refractivity contribution in [3.05, 3.63) is 17.6 Å². The molecular weight excluding hydrogens is 256 g/mol. The molecule has 1 N–H and O–H groups in total. The third-order valence-electron chi connectivity index (χ3n) is 3.41. The SMILES string of the molecule is CCCNc1cc(CC)nc(C2CSCCN2C)n1. The Kier molecular flexibility index (Phi) is 5.45. The van der Waals surface area contributed by atoms with E-state index in [-0.39, 0.29) is 0 Å². The minimum Gasteiger partial charge on any atom is -0.370 e. The maximum Gasteiger partial charge on any atom is 0.148 e. The summed E-state index contributed by atoms with van der Waals surface area (Å²) in [5.41, 5.74) is 1.13. The van der Waals surface area contributed by atoms with Crippen LogP contribution in [-0.4, -0.2) is 46.5 Å². The monoisotopic (exact) mass is 280 g/mol. The molecule has 1 unspecified atom stereocenters. The molecule has 0 aromatic carbocycles. The molecule has 1 aromatic heterocycles. The number of hydrogen-bond donors (Lipinski definition) is 1. The lowest BCUT2D eigenvalue weighted by Gasteiger charge is -2.31. The predicted molar refractivity (Wildman–Crippen MR) is 82.9 cm³/mol. The molecule has 1 fully saturated rings. The molecule has 0 aliphatic carbocycles. The lowest BCUT2D eigenvalue weighted by atomic mass is 10.2. The molecule has 2 rings (SSSR count). The summed E-state index contributed by atoms with van der Waals surface area (Å²) in [6.07, 6.45) is 2.07. The van der Waals surface area contributed by atoms with Gasteiger partial charge in [0.15, 0.2) is 0 Å². The van der Waals surface area contributed by atoms with Crippen molar-refractivity contribution >= 4 is 17.6 Å². The van der Waals surface area contributed by atoms with Crippen molar-refractivity contribution in [2.45, 2.75) is 32.7 Å². The van der Waals surface area contributed by atoms with Gasteiger partial charge < -0.3 is 5.32 Å². The largest absolute Gasteiger partial charge is 0.370 e. The summed E-state index contributed by atoms with van der Waals surface area (Å²) in [4.78, 5) is 11.8. The molecular formula is C14H24N4S. The number of rotatable bonds is 5. The molecule has 0 bridgehead atoms. The van der Waals surface area contributed by atoms with Crippen molar-refractivity contribution in [1.29, 1.82) is 0 Å². The Hall–Kier alpha value is -0.810. The number of thioether (sulfide) groups is 1. The summed E-state index contributed by atoms with van der Waals surface area (Å²) in [7, 11) is 2.17. The molecule has 106 valence electrons. The van der Waals surface area contributed by atoms with E-state index in [9.17, 15) is 0 Å². The first-order chi connectivity index (χ1) is 9.24. The van der Waals surface area contributed by atoms with Crippen LogP contribution >= 0.6 is 11.8 Å². The Labute approximate surface area is 120 Å². The Balaban J connectivity index is 2.22. The van der Waals surface area contributed by atoms with Gasteiger partial charge in [-0.05, 0) is 19.9 Å². The van der Waals surface area contributed by atoms with Crippen LogP contribution in [0.15, 0.2) is 6.07 Å². The van der Waals surface area contributed by atoms with Crippen LogP contribution in [0.1, 0.15) is 37.8 Å². The van der Waals surface area contributed by atoms with Crippen LogP contribution in [0, 0.1) is 0 Å². The highest BCUT2D eigenvalue weighted by Crippen LogP contribution is 2.26. The first-order valence-corrected chi connectivity index (χ1v) is 8.29. The summed E-state index contributed by atoms with van der Waals surface area (Å²) in [6.45, 7) is 6.40. The Morgan fingerprint density at radius 3 is 2.95 bits per heavy atom. The molecule has 1 aliphatic heterocycles. The van der Waals surface area contributed by atoms with E-state index in [0.717, 1.165) is 49.0 Å². The third kappa shape index (κ3) is 3.83. The van der Waals surface area contributed by atoms with Crippen LogP contribution in [0.2, 0.25) is 0 Å². The molecule has 0 amide bonds. The van der Waals surface area contributed by atoms with Gasteiger partial charge in [0, 0.05) is 36.4 Å². The van der Waals surface area contributed by atoms with Gasteiger partial charge in [-0.1, -0.05) is 13.8 Å². The van der Waals surface area contributed by atoms with Gasteiger partial charge in [-0.3, -0.25) is 4.90 Å². The number of nitrogens with one attached hydrogen (secondary N) is 1. The van der Waals surface area contributed by atoms with Crippen molar-refractivity contribution in [3.8, 4) is 0 Å². The summed E-state index contributed by atoms with van der Waals surface area (Å²) >= 11 is 2.00. The van der Waals surface area contributed by atoms with E-state index in [1.165, 1.54) is 5.75 Å². The maximum atomic E-state index is 4.73. The van der Waals surface area contributed by atoms with E-state index in [1.54, 1.807) is 0 Å². The van der Waals surface area contributed by atoms with Crippen molar-refractivity contribution in [2.75, 3.05) is 37.0 Å². The summed E-state index contributed by atoms with van der Waals surface area (Å²) in [5.74, 6) is 4.26. The highest BCUT2D eigenvalue weighted by atomic mass is 32.2. The molecule has 2 heterocycles. The molecule has 1 atom stereocenters. The Bertz CT molecular complexity index is 410. The fraction of sp³-hybridized carbons (Fsp3) is 0.714. The molecule has 19 heavy (non-hydrogen) atoms.